The van der Waals surface area contributed by atoms with E-state index in [0.29, 0.717) is 23.4 Å². The molecule has 2 nitrogen and oxygen atoms in total. The molecular formula is C16H17F2NO. The van der Waals surface area contributed by atoms with E-state index in [1.54, 1.807) is 25.1 Å². The van der Waals surface area contributed by atoms with Gasteiger partial charge in [0.15, 0.2) is 0 Å². The van der Waals surface area contributed by atoms with Crippen LogP contribution in [0.25, 0.3) is 0 Å². The molecule has 0 saturated heterocycles. The maximum absolute atomic E-state index is 13.7. The predicted octanol–water partition coefficient (Wildman–Crippen LogP) is 3.57. The molecule has 2 aromatic rings. The van der Waals surface area contributed by atoms with E-state index in [4.69, 9.17) is 4.74 Å². The summed E-state index contributed by atoms with van der Waals surface area (Å²) in [5, 5.41) is 3.01. The first kappa shape index (κ1) is 14.5. The average Bonchev–Trinajstić information content (AvgIpc) is 2.43. The summed E-state index contributed by atoms with van der Waals surface area (Å²) in [6, 6.07) is 9.42. The highest BCUT2D eigenvalue weighted by molar-refractivity contribution is 5.30. The van der Waals surface area contributed by atoms with Crippen LogP contribution < -0.4 is 10.1 Å². The highest BCUT2D eigenvalue weighted by Gasteiger charge is 2.06. The second-order valence-corrected chi connectivity index (χ2v) is 4.66. The van der Waals surface area contributed by atoms with E-state index in [9.17, 15) is 8.78 Å². The van der Waals surface area contributed by atoms with Crippen LogP contribution in [0.3, 0.4) is 0 Å². The van der Waals surface area contributed by atoms with Crippen LogP contribution in [0.5, 0.6) is 5.75 Å². The van der Waals surface area contributed by atoms with Crippen molar-refractivity contribution in [1.29, 1.82) is 0 Å². The van der Waals surface area contributed by atoms with Crippen molar-refractivity contribution in [3.63, 3.8) is 0 Å². The van der Waals surface area contributed by atoms with Gasteiger partial charge in [0.25, 0.3) is 0 Å². The van der Waals surface area contributed by atoms with Gasteiger partial charge >= 0.3 is 0 Å². The molecule has 106 valence electrons. The van der Waals surface area contributed by atoms with E-state index < -0.39 is 0 Å². The van der Waals surface area contributed by atoms with E-state index in [2.05, 4.69) is 5.32 Å². The summed E-state index contributed by atoms with van der Waals surface area (Å²) >= 11 is 0. The van der Waals surface area contributed by atoms with E-state index in [1.807, 2.05) is 7.05 Å². The van der Waals surface area contributed by atoms with Crippen LogP contribution in [-0.4, -0.2) is 7.05 Å². The van der Waals surface area contributed by atoms with Crippen molar-refractivity contribution < 1.29 is 13.5 Å². The van der Waals surface area contributed by atoms with Crippen molar-refractivity contribution in [2.45, 2.75) is 20.1 Å². The van der Waals surface area contributed by atoms with Crippen molar-refractivity contribution in [1.82, 2.24) is 5.32 Å². The molecule has 0 radical (unpaired) electrons. The highest BCUT2D eigenvalue weighted by Crippen LogP contribution is 2.19. The molecule has 0 spiro atoms. The fourth-order valence-corrected chi connectivity index (χ4v) is 1.92. The van der Waals surface area contributed by atoms with Gasteiger partial charge < -0.3 is 10.1 Å². The standard InChI is InChI=1S/C16H17F2NO/c1-11-7-14(4-6-15(11)17)20-10-13-8-12(9-19-2)3-5-16(13)18/h3-8,19H,9-10H2,1-2H3. The minimum Gasteiger partial charge on any atom is -0.489 e. The highest BCUT2D eigenvalue weighted by atomic mass is 19.1. The smallest absolute Gasteiger partial charge is 0.129 e. The average molecular weight is 277 g/mol. The Labute approximate surface area is 117 Å². The van der Waals surface area contributed by atoms with Gasteiger partial charge in [-0.2, -0.15) is 0 Å². The lowest BCUT2D eigenvalue weighted by molar-refractivity contribution is 0.299. The maximum atomic E-state index is 13.7. The van der Waals surface area contributed by atoms with Gasteiger partial charge in [0.2, 0.25) is 0 Å². The number of ether oxygens (including phenoxy) is 1. The maximum Gasteiger partial charge on any atom is 0.129 e. The summed E-state index contributed by atoms with van der Waals surface area (Å²) in [7, 11) is 1.83. The van der Waals surface area contributed by atoms with E-state index in [1.165, 1.54) is 18.2 Å². The zero-order valence-corrected chi connectivity index (χ0v) is 11.5. The Morgan fingerprint density at radius 3 is 2.50 bits per heavy atom. The first-order chi connectivity index (χ1) is 9.60. The molecular weight excluding hydrogens is 260 g/mol. The lowest BCUT2D eigenvalue weighted by Gasteiger charge is -2.10. The number of hydrogen-bond donors (Lipinski definition) is 1. The molecule has 0 saturated carbocycles. The van der Waals surface area contributed by atoms with Crippen LogP contribution in [-0.2, 0) is 13.2 Å². The van der Waals surface area contributed by atoms with Gasteiger partial charge in [-0.25, -0.2) is 8.78 Å². The predicted molar refractivity (Wildman–Crippen MR) is 74.6 cm³/mol. The monoisotopic (exact) mass is 277 g/mol. The molecule has 0 amide bonds. The van der Waals surface area contributed by atoms with Crippen molar-refractivity contribution in [3.05, 3.63) is 64.7 Å². The molecule has 0 aliphatic carbocycles. The normalized spacial score (nSPS) is 10.6. The second-order valence-electron chi connectivity index (χ2n) is 4.66. The number of aryl methyl sites for hydroxylation is 1. The minimum absolute atomic E-state index is 0.120. The first-order valence-corrected chi connectivity index (χ1v) is 6.41. The molecule has 0 heterocycles. The summed E-state index contributed by atoms with van der Waals surface area (Å²) in [5.41, 5.74) is 1.98. The summed E-state index contributed by atoms with van der Waals surface area (Å²) < 4.78 is 32.4. The SMILES string of the molecule is CNCc1ccc(F)c(COc2ccc(F)c(C)c2)c1. The third-order valence-electron chi connectivity index (χ3n) is 3.01. The van der Waals surface area contributed by atoms with Crippen LogP contribution >= 0.6 is 0 Å². The molecule has 2 rings (SSSR count). The van der Waals surface area contributed by atoms with Crippen molar-refractivity contribution >= 4 is 0 Å². The minimum atomic E-state index is -0.302. The molecule has 0 aliphatic rings. The van der Waals surface area contributed by atoms with Gasteiger partial charge in [0, 0.05) is 12.1 Å². The van der Waals surface area contributed by atoms with Crippen molar-refractivity contribution in [2.75, 3.05) is 7.05 Å². The number of rotatable bonds is 5. The Balaban J connectivity index is 2.09. The van der Waals surface area contributed by atoms with Gasteiger partial charge in [-0.3, -0.25) is 0 Å². The molecule has 1 N–H and O–H groups in total. The third-order valence-corrected chi connectivity index (χ3v) is 3.01. The van der Waals surface area contributed by atoms with Crippen molar-refractivity contribution in [3.8, 4) is 5.75 Å². The summed E-state index contributed by atoms with van der Waals surface area (Å²) in [5.74, 6) is -0.0504. The Morgan fingerprint density at radius 1 is 1.05 bits per heavy atom. The molecule has 0 unspecified atom stereocenters. The van der Waals surface area contributed by atoms with Gasteiger partial charge in [-0.15, -0.1) is 0 Å². The zero-order chi connectivity index (χ0) is 14.5. The molecule has 0 bridgehead atoms. The van der Waals surface area contributed by atoms with E-state index in [0.717, 1.165) is 5.56 Å². The fourth-order valence-electron chi connectivity index (χ4n) is 1.92. The topological polar surface area (TPSA) is 21.3 Å². The van der Waals surface area contributed by atoms with E-state index >= 15 is 0 Å². The molecule has 0 fully saturated rings. The first-order valence-electron chi connectivity index (χ1n) is 6.41. The fraction of sp³-hybridized carbons (Fsp3) is 0.250. The molecule has 4 heteroatoms. The largest absolute Gasteiger partial charge is 0.489 e. The van der Waals surface area contributed by atoms with Crippen molar-refractivity contribution in [2.24, 2.45) is 0 Å². The number of halogens is 2. The Morgan fingerprint density at radius 2 is 1.80 bits per heavy atom. The summed E-state index contributed by atoms with van der Waals surface area (Å²) in [6.07, 6.45) is 0. The van der Waals surface area contributed by atoms with E-state index in [-0.39, 0.29) is 18.2 Å². The van der Waals surface area contributed by atoms with Gasteiger partial charge in [0.1, 0.15) is 24.0 Å². The van der Waals surface area contributed by atoms with Gasteiger partial charge in [-0.1, -0.05) is 6.07 Å². The Bertz CT molecular complexity index is 599. The Kier molecular flexibility index (Phi) is 4.69. The molecule has 2 aromatic carbocycles. The number of benzene rings is 2. The number of nitrogens with one attached hydrogen (secondary N) is 1. The molecule has 20 heavy (non-hydrogen) atoms. The van der Waals surface area contributed by atoms with Crippen LogP contribution in [0.15, 0.2) is 36.4 Å². The molecule has 0 atom stereocenters. The van der Waals surface area contributed by atoms with Crippen LogP contribution in [0.1, 0.15) is 16.7 Å². The van der Waals surface area contributed by atoms with Crippen LogP contribution in [0, 0.1) is 18.6 Å². The lowest BCUT2D eigenvalue weighted by Crippen LogP contribution is -2.07. The van der Waals surface area contributed by atoms with Crippen LogP contribution in [0.2, 0.25) is 0 Å². The summed E-state index contributed by atoms with van der Waals surface area (Å²) in [6.45, 7) is 2.45. The number of hydrogen-bond acceptors (Lipinski definition) is 2. The third kappa shape index (κ3) is 3.54. The molecule has 0 aliphatic heterocycles. The van der Waals surface area contributed by atoms with Gasteiger partial charge in [-0.05, 0) is 55.4 Å². The second kappa shape index (κ2) is 6.48. The quantitative estimate of drug-likeness (QED) is 0.902. The summed E-state index contributed by atoms with van der Waals surface area (Å²) in [4.78, 5) is 0. The van der Waals surface area contributed by atoms with Gasteiger partial charge in [0.05, 0.1) is 0 Å². The Hall–Kier alpha value is -1.94. The zero-order valence-electron chi connectivity index (χ0n) is 11.5. The van der Waals surface area contributed by atoms with Crippen LogP contribution in [0.4, 0.5) is 8.78 Å². The lowest BCUT2D eigenvalue weighted by atomic mass is 10.1. The molecule has 0 aromatic heterocycles.